The largest absolute Gasteiger partial charge is 0.449 e. The molecule has 3 N–H and O–H groups in total. The van der Waals surface area contributed by atoms with Crippen LogP contribution in [0.3, 0.4) is 0 Å². The van der Waals surface area contributed by atoms with E-state index in [2.05, 4.69) is 15.3 Å². The molecule has 4 rings (SSSR count). The van der Waals surface area contributed by atoms with Crippen molar-refractivity contribution in [3.8, 4) is 11.4 Å². The Morgan fingerprint density at radius 2 is 1.74 bits per heavy atom. The van der Waals surface area contributed by atoms with Gasteiger partial charge in [0.1, 0.15) is 17.6 Å². The third-order valence-electron chi connectivity index (χ3n) is 7.26. The zero-order chi connectivity index (χ0) is 31.0. The molecule has 0 spiro atoms. The van der Waals surface area contributed by atoms with Gasteiger partial charge in [0, 0.05) is 63.9 Å². The second-order valence-corrected chi connectivity index (χ2v) is 12.4. The minimum atomic E-state index is -4.71. The smallest absolute Gasteiger partial charge is 0.409 e. The van der Waals surface area contributed by atoms with Crippen LogP contribution in [0.15, 0.2) is 36.4 Å². The van der Waals surface area contributed by atoms with Gasteiger partial charge in [-0.3, -0.25) is 14.2 Å². The summed E-state index contributed by atoms with van der Waals surface area (Å²) in [6, 6.07) is 9.11. The van der Waals surface area contributed by atoms with Crippen molar-refractivity contribution in [2.24, 2.45) is 5.92 Å². The van der Waals surface area contributed by atoms with Crippen LogP contribution in [-0.4, -0.2) is 119 Å². The van der Waals surface area contributed by atoms with E-state index in [0.29, 0.717) is 49.4 Å². The number of benzene rings is 1. The zero-order valence-corrected chi connectivity index (χ0v) is 25.3. The van der Waals surface area contributed by atoms with E-state index in [4.69, 9.17) is 9.47 Å². The highest BCUT2D eigenvalue weighted by Gasteiger charge is 2.35. The lowest BCUT2D eigenvalue weighted by Gasteiger charge is -2.40. The standard InChI is InChI=1S/C28H39N6O8P/c1-3-4-14-42-28(37)33-12-10-32(11-13-33)27(36)23(19-43(38,39)40)30-26(35)22-15-24(34-16-20(17-34)18-41-2)31-25(29-22)21-8-6-5-7-9-21/h5-9,15,20,23H,3-4,10-14,16-19H2,1-2H3,(H,30,35)(H2,38,39,40)/t23-/m0/s1. The SMILES string of the molecule is CCCCOC(=O)N1CCN(C(=O)[C@H](CP(=O)(O)O)NC(=O)c2cc(N3CC(COC)C3)nc(-c3ccccc3)n2)CC1. The molecule has 1 aromatic heterocycles. The minimum Gasteiger partial charge on any atom is -0.449 e. The summed E-state index contributed by atoms with van der Waals surface area (Å²) in [7, 11) is -3.07. The number of carbonyl (C=O) groups excluding carboxylic acids is 3. The first-order valence-corrected chi connectivity index (χ1v) is 16.1. The van der Waals surface area contributed by atoms with E-state index in [1.165, 1.54) is 15.9 Å². The Kier molecular flexibility index (Phi) is 11.1. The maximum Gasteiger partial charge on any atom is 0.409 e. The van der Waals surface area contributed by atoms with Crippen LogP contribution >= 0.6 is 7.60 Å². The van der Waals surface area contributed by atoms with Crippen LogP contribution < -0.4 is 10.2 Å². The summed E-state index contributed by atoms with van der Waals surface area (Å²) < 4.78 is 22.4. The van der Waals surface area contributed by atoms with Gasteiger partial charge in [-0.25, -0.2) is 14.8 Å². The first kappa shape index (κ1) is 32.3. The highest BCUT2D eigenvalue weighted by molar-refractivity contribution is 7.51. The number of amides is 3. The molecular formula is C28H39N6O8P. The number of nitrogens with one attached hydrogen (secondary N) is 1. The molecule has 234 valence electrons. The summed E-state index contributed by atoms with van der Waals surface area (Å²) in [5.74, 6) is -0.274. The van der Waals surface area contributed by atoms with Crippen molar-refractivity contribution < 1.29 is 38.2 Å². The van der Waals surface area contributed by atoms with Gasteiger partial charge in [-0.15, -0.1) is 0 Å². The number of unbranched alkanes of at least 4 members (excludes halogenated alkanes) is 1. The number of nitrogens with zero attached hydrogens (tertiary/aromatic N) is 5. The highest BCUT2D eigenvalue weighted by atomic mass is 31.2. The van der Waals surface area contributed by atoms with Crippen molar-refractivity contribution in [3.63, 3.8) is 0 Å². The number of aromatic nitrogens is 2. The lowest BCUT2D eigenvalue weighted by molar-refractivity contribution is -0.134. The van der Waals surface area contributed by atoms with Crippen LogP contribution in [0.5, 0.6) is 0 Å². The van der Waals surface area contributed by atoms with Crippen LogP contribution in [0, 0.1) is 5.92 Å². The van der Waals surface area contributed by atoms with Crippen LogP contribution in [0.1, 0.15) is 30.3 Å². The third-order valence-corrected chi connectivity index (χ3v) is 8.10. The van der Waals surface area contributed by atoms with Gasteiger partial charge in [-0.2, -0.15) is 0 Å². The topological polar surface area (TPSA) is 175 Å². The van der Waals surface area contributed by atoms with Gasteiger partial charge < -0.3 is 39.3 Å². The Balaban J connectivity index is 1.50. The van der Waals surface area contributed by atoms with E-state index >= 15 is 0 Å². The molecule has 2 fully saturated rings. The number of methoxy groups -OCH3 is 1. The molecule has 0 radical (unpaired) electrons. The van der Waals surface area contributed by atoms with E-state index < -0.39 is 37.7 Å². The van der Waals surface area contributed by atoms with Gasteiger partial charge in [0.2, 0.25) is 5.91 Å². The Bertz CT molecular complexity index is 1310. The van der Waals surface area contributed by atoms with E-state index in [0.717, 1.165) is 12.8 Å². The molecule has 15 heteroatoms. The van der Waals surface area contributed by atoms with Crippen molar-refractivity contribution in [1.29, 1.82) is 0 Å². The summed E-state index contributed by atoms with van der Waals surface area (Å²) >= 11 is 0. The predicted octanol–water partition coefficient (Wildman–Crippen LogP) is 1.58. The molecule has 2 aliphatic rings. The summed E-state index contributed by atoms with van der Waals surface area (Å²) in [4.78, 5) is 72.6. The molecule has 0 aliphatic carbocycles. The number of anilines is 1. The lowest BCUT2D eigenvalue weighted by atomic mass is 10.0. The van der Waals surface area contributed by atoms with Gasteiger partial charge in [0.15, 0.2) is 5.82 Å². The van der Waals surface area contributed by atoms with E-state index in [9.17, 15) is 28.7 Å². The maximum atomic E-state index is 13.5. The van der Waals surface area contributed by atoms with Crippen molar-refractivity contribution in [3.05, 3.63) is 42.1 Å². The molecular weight excluding hydrogens is 579 g/mol. The van der Waals surface area contributed by atoms with Gasteiger partial charge >= 0.3 is 13.7 Å². The fourth-order valence-corrected chi connectivity index (χ4v) is 5.63. The number of rotatable bonds is 12. The van der Waals surface area contributed by atoms with E-state index in [-0.39, 0.29) is 31.9 Å². The lowest BCUT2D eigenvalue weighted by Crippen LogP contribution is -2.56. The number of carbonyl (C=O) groups is 3. The van der Waals surface area contributed by atoms with Crippen LogP contribution in [-0.2, 0) is 18.8 Å². The summed E-state index contributed by atoms with van der Waals surface area (Å²) in [6.45, 7) is 4.90. The van der Waals surface area contributed by atoms with Crippen molar-refractivity contribution >= 4 is 31.3 Å². The van der Waals surface area contributed by atoms with Gasteiger partial charge in [0.05, 0.1) is 19.4 Å². The molecule has 3 amide bonds. The summed E-state index contributed by atoms with van der Waals surface area (Å²) in [5, 5.41) is 2.51. The monoisotopic (exact) mass is 618 g/mol. The van der Waals surface area contributed by atoms with Gasteiger partial charge in [-0.05, 0) is 6.42 Å². The van der Waals surface area contributed by atoms with Crippen molar-refractivity contribution in [1.82, 2.24) is 25.1 Å². The van der Waals surface area contributed by atoms with Gasteiger partial charge in [-0.1, -0.05) is 43.7 Å². The average Bonchev–Trinajstić information content (AvgIpc) is 2.97. The molecule has 3 heterocycles. The molecule has 0 bridgehead atoms. The third kappa shape index (κ3) is 8.96. The average molecular weight is 619 g/mol. The Morgan fingerprint density at radius 3 is 2.37 bits per heavy atom. The van der Waals surface area contributed by atoms with Crippen LogP contribution in [0.25, 0.3) is 11.4 Å². The maximum absolute atomic E-state index is 13.5. The minimum absolute atomic E-state index is 0.0396. The first-order chi connectivity index (χ1) is 20.6. The Labute approximate surface area is 250 Å². The number of piperazine rings is 1. The zero-order valence-electron chi connectivity index (χ0n) is 24.4. The molecule has 1 atom stereocenters. The number of hydrogen-bond donors (Lipinski definition) is 3. The van der Waals surface area contributed by atoms with Crippen LogP contribution in [0.4, 0.5) is 10.6 Å². The summed E-state index contributed by atoms with van der Waals surface area (Å²) in [5.41, 5.74) is 0.642. The molecule has 14 nitrogen and oxygen atoms in total. The molecule has 2 aromatic rings. The molecule has 43 heavy (non-hydrogen) atoms. The Hall–Kier alpha value is -3.58. The normalized spacial score (nSPS) is 16.4. The molecule has 0 unspecified atom stereocenters. The molecule has 1 aromatic carbocycles. The predicted molar refractivity (Wildman–Crippen MR) is 158 cm³/mol. The molecule has 2 saturated heterocycles. The fraction of sp³-hybridized carbons (Fsp3) is 0.536. The van der Waals surface area contributed by atoms with Gasteiger partial charge in [0.25, 0.3) is 5.91 Å². The number of hydrogen-bond acceptors (Lipinski definition) is 9. The Morgan fingerprint density at radius 1 is 1.07 bits per heavy atom. The quantitative estimate of drug-likeness (QED) is 0.233. The molecule has 2 aliphatic heterocycles. The molecule has 0 saturated carbocycles. The second-order valence-electron chi connectivity index (χ2n) is 10.7. The van der Waals surface area contributed by atoms with E-state index in [1.54, 1.807) is 7.11 Å². The first-order valence-electron chi connectivity index (χ1n) is 14.3. The van der Waals surface area contributed by atoms with Crippen molar-refractivity contribution in [2.75, 3.05) is 70.7 Å². The highest BCUT2D eigenvalue weighted by Crippen LogP contribution is 2.35. The second kappa shape index (κ2) is 14.7. The number of ether oxygens (including phenoxy) is 2. The van der Waals surface area contributed by atoms with E-state index in [1.807, 2.05) is 42.2 Å². The fourth-order valence-electron chi connectivity index (χ4n) is 4.91. The van der Waals surface area contributed by atoms with Crippen LogP contribution in [0.2, 0.25) is 0 Å². The van der Waals surface area contributed by atoms with Crippen molar-refractivity contribution in [2.45, 2.75) is 25.8 Å². The summed E-state index contributed by atoms with van der Waals surface area (Å²) in [6.07, 6.45) is 0.288.